The van der Waals surface area contributed by atoms with Crippen LogP contribution < -0.4 is 10.6 Å². The van der Waals surface area contributed by atoms with E-state index in [-0.39, 0.29) is 5.91 Å². The Labute approximate surface area is 167 Å². The van der Waals surface area contributed by atoms with Crippen LogP contribution in [0.25, 0.3) is 10.8 Å². The number of pyridine rings is 1. The van der Waals surface area contributed by atoms with Crippen molar-refractivity contribution in [1.82, 2.24) is 10.3 Å². The van der Waals surface area contributed by atoms with Gasteiger partial charge in [0.1, 0.15) is 0 Å². The second-order valence-corrected chi connectivity index (χ2v) is 7.46. The van der Waals surface area contributed by atoms with E-state index in [9.17, 15) is 4.79 Å². The van der Waals surface area contributed by atoms with Gasteiger partial charge < -0.3 is 10.6 Å². The number of nitrogens with zero attached hydrogens (tertiary/aromatic N) is 1. The smallest absolute Gasteiger partial charge is 0.221 e. The van der Waals surface area contributed by atoms with Gasteiger partial charge in [-0.15, -0.1) is 0 Å². The summed E-state index contributed by atoms with van der Waals surface area (Å²) in [5.74, 6) is -0.0325. The number of benzene rings is 2. The molecule has 1 heterocycles. The van der Waals surface area contributed by atoms with E-state index in [0.29, 0.717) is 6.04 Å². The van der Waals surface area contributed by atoms with Gasteiger partial charge in [0, 0.05) is 43.0 Å². The van der Waals surface area contributed by atoms with Crippen LogP contribution in [0.15, 0.2) is 60.9 Å². The summed E-state index contributed by atoms with van der Waals surface area (Å²) < 4.78 is 0. The summed E-state index contributed by atoms with van der Waals surface area (Å²) in [4.78, 5) is 15.2. The monoisotopic (exact) mass is 375 g/mol. The average molecular weight is 376 g/mol. The number of nitrogens with one attached hydrogen (secondary N) is 2. The Hall–Kier alpha value is -2.72. The van der Waals surface area contributed by atoms with Crippen molar-refractivity contribution < 1.29 is 4.79 Å². The minimum atomic E-state index is -0.0325. The van der Waals surface area contributed by atoms with Crippen LogP contribution in [0.2, 0.25) is 0 Å². The first-order valence-corrected chi connectivity index (χ1v) is 10.0. The van der Waals surface area contributed by atoms with Crippen LogP contribution in [0.5, 0.6) is 0 Å². The Morgan fingerprint density at radius 3 is 2.57 bits per heavy atom. The lowest BCUT2D eigenvalue weighted by Gasteiger charge is -2.14. The highest BCUT2D eigenvalue weighted by atomic mass is 16.1. The molecule has 0 saturated heterocycles. The second-order valence-electron chi connectivity index (χ2n) is 7.46. The number of rotatable bonds is 9. The third-order valence-corrected chi connectivity index (χ3v) is 4.99. The molecule has 0 fully saturated rings. The minimum absolute atomic E-state index is 0.0325. The summed E-state index contributed by atoms with van der Waals surface area (Å²) in [6, 6.07) is 17.3. The van der Waals surface area contributed by atoms with E-state index in [2.05, 4.69) is 58.9 Å². The molecule has 3 aromatic rings. The fourth-order valence-corrected chi connectivity index (χ4v) is 3.37. The molecule has 1 aromatic heterocycles. The van der Waals surface area contributed by atoms with Crippen molar-refractivity contribution >= 4 is 22.4 Å². The minimum Gasteiger partial charge on any atom is -0.326 e. The predicted octanol–water partition coefficient (Wildman–Crippen LogP) is 5.08. The molecule has 0 aliphatic carbocycles. The van der Waals surface area contributed by atoms with E-state index in [1.54, 1.807) is 0 Å². The van der Waals surface area contributed by atoms with Crippen molar-refractivity contribution in [3.63, 3.8) is 0 Å². The number of fused-ring (bicyclic) bond motifs is 1. The van der Waals surface area contributed by atoms with E-state index in [0.717, 1.165) is 18.7 Å². The van der Waals surface area contributed by atoms with Gasteiger partial charge in [0.05, 0.1) is 0 Å². The number of carbonyl (C=O) groups is 1. The summed E-state index contributed by atoms with van der Waals surface area (Å²) in [7, 11) is 0. The zero-order valence-corrected chi connectivity index (χ0v) is 16.7. The van der Waals surface area contributed by atoms with Gasteiger partial charge in [0.25, 0.3) is 0 Å². The maximum atomic E-state index is 11.1. The van der Waals surface area contributed by atoms with Crippen LogP contribution in [-0.4, -0.2) is 16.9 Å². The molecule has 28 heavy (non-hydrogen) atoms. The van der Waals surface area contributed by atoms with Gasteiger partial charge in [-0.2, -0.15) is 0 Å². The number of anilines is 1. The number of hydrogen-bond donors (Lipinski definition) is 2. The van der Waals surface area contributed by atoms with Crippen LogP contribution in [0.4, 0.5) is 5.69 Å². The molecule has 0 unspecified atom stereocenters. The molecule has 0 aliphatic heterocycles. The molecule has 0 saturated carbocycles. The summed E-state index contributed by atoms with van der Waals surface area (Å²) >= 11 is 0. The topological polar surface area (TPSA) is 54.0 Å². The molecule has 4 nitrogen and oxygen atoms in total. The summed E-state index contributed by atoms with van der Waals surface area (Å²) in [6.07, 6.45) is 8.37. The van der Waals surface area contributed by atoms with Gasteiger partial charge in [-0.1, -0.05) is 30.7 Å². The van der Waals surface area contributed by atoms with Crippen molar-refractivity contribution in [1.29, 1.82) is 0 Å². The first-order valence-electron chi connectivity index (χ1n) is 10.0. The van der Waals surface area contributed by atoms with E-state index in [1.165, 1.54) is 48.1 Å². The molecule has 146 valence electrons. The van der Waals surface area contributed by atoms with Crippen molar-refractivity contribution in [2.75, 3.05) is 5.32 Å². The molecule has 3 rings (SSSR count). The average Bonchev–Trinajstić information content (AvgIpc) is 2.70. The van der Waals surface area contributed by atoms with Gasteiger partial charge in [-0.25, -0.2) is 0 Å². The van der Waals surface area contributed by atoms with Crippen LogP contribution >= 0.6 is 0 Å². The number of amides is 1. The molecule has 1 amide bonds. The molecule has 0 bridgehead atoms. The van der Waals surface area contributed by atoms with E-state index in [4.69, 9.17) is 0 Å². The van der Waals surface area contributed by atoms with Gasteiger partial charge in [0.2, 0.25) is 5.91 Å². The largest absolute Gasteiger partial charge is 0.326 e. The van der Waals surface area contributed by atoms with Crippen LogP contribution in [-0.2, 0) is 17.8 Å². The zero-order valence-electron chi connectivity index (χ0n) is 16.7. The lowest BCUT2D eigenvalue weighted by Crippen LogP contribution is -2.25. The molecular weight excluding hydrogens is 346 g/mol. The maximum absolute atomic E-state index is 11.1. The number of unbranched alkanes of at least 4 members (excludes halogenated alkanes) is 1. The third kappa shape index (κ3) is 6.17. The van der Waals surface area contributed by atoms with Crippen LogP contribution in [0.3, 0.4) is 0 Å². The number of carbonyl (C=O) groups excluding carboxylic acids is 1. The first-order chi connectivity index (χ1) is 13.6. The lowest BCUT2D eigenvalue weighted by molar-refractivity contribution is -0.114. The van der Waals surface area contributed by atoms with E-state index >= 15 is 0 Å². The predicted molar refractivity (Wildman–Crippen MR) is 116 cm³/mol. The summed E-state index contributed by atoms with van der Waals surface area (Å²) in [6.45, 7) is 4.68. The highest BCUT2D eigenvalue weighted by molar-refractivity contribution is 5.88. The normalized spacial score (nSPS) is 12.1. The molecule has 0 radical (unpaired) electrons. The van der Waals surface area contributed by atoms with Crippen molar-refractivity contribution in [2.45, 2.75) is 52.1 Å². The molecule has 0 spiro atoms. The maximum Gasteiger partial charge on any atom is 0.221 e. The third-order valence-electron chi connectivity index (χ3n) is 4.99. The Balaban J connectivity index is 1.36. The molecule has 2 aromatic carbocycles. The van der Waals surface area contributed by atoms with Gasteiger partial charge in [-0.05, 0) is 67.0 Å². The lowest BCUT2D eigenvalue weighted by atomic mass is 10.0. The van der Waals surface area contributed by atoms with Gasteiger partial charge in [0.15, 0.2) is 0 Å². The molecule has 0 aliphatic rings. The Kier molecular flexibility index (Phi) is 7.15. The molecule has 2 N–H and O–H groups in total. The van der Waals surface area contributed by atoms with Crippen molar-refractivity contribution in [2.24, 2.45) is 0 Å². The van der Waals surface area contributed by atoms with E-state index in [1.807, 2.05) is 24.5 Å². The zero-order chi connectivity index (χ0) is 19.8. The SMILES string of the molecule is CC(=O)Nc1ccc(CCCC[C@@H](C)NCc2ccc3cnccc3c2)cc1. The number of aromatic nitrogens is 1. The Morgan fingerprint density at radius 2 is 1.79 bits per heavy atom. The standard InChI is InChI=1S/C24H29N3O/c1-18(26-16-21-7-10-23-17-25-14-13-22(23)15-21)5-3-4-6-20-8-11-24(12-9-20)27-19(2)28/h7-15,17-18,26H,3-6,16H2,1-2H3,(H,27,28)/t18-/m1/s1. The molecule has 4 heteroatoms. The number of hydrogen-bond acceptors (Lipinski definition) is 3. The van der Waals surface area contributed by atoms with Crippen molar-refractivity contribution in [3.8, 4) is 0 Å². The fourth-order valence-electron chi connectivity index (χ4n) is 3.37. The Bertz CT molecular complexity index is 905. The summed E-state index contributed by atoms with van der Waals surface area (Å²) in [5.41, 5.74) is 3.49. The Morgan fingerprint density at radius 1 is 1.00 bits per heavy atom. The highest BCUT2D eigenvalue weighted by Gasteiger charge is 2.03. The second kappa shape index (κ2) is 10.00. The summed E-state index contributed by atoms with van der Waals surface area (Å²) in [5, 5.41) is 8.86. The number of aryl methyl sites for hydroxylation is 1. The van der Waals surface area contributed by atoms with E-state index < -0.39 is 0 Å². The van der Waals surface area contributed by atoms with Crippen LogP contribution in [0.1, 0.15) is 44.2 Å². The highest BCUT2D eigenvalue weighted by Crippen LogP contribution is 2.15. The first kappa shape index (κ1) is 20.0. The van der Waals surface area contributed by atoms with Crippen molar-refractivity contribution in [3.05, 3.63) is 72.1 Å². The molecule has 1 atom stereocenters. The van der Waals surface area contributed by atoms with Gasteiger partial charge >= 0.3 is 0 Å². The van der Waals surface area contributed by atoms with Crippen LogP contribution in [0, 0.1) is 0 Å². The quantitative estimate of drug-likeness (QED) is 0.513. The molecular formula is C24H29N3O. The fraction of sp³-hybridized carbons (Fsp3) is 0.333. The van der Waals surface area contributed by atoms with Gasteiger partial charge in [-0.3, -0.25) is 9.78 Å².